The average Bonchev–Trinajstić information content (AvgIpc) is 2.61. The van der Waals surface area contributed by atoms with Crippen LogP contribution in [-0.4, -0.2) is 25.7 Å². The van der Waals surface area contributed by atoms with E-state index < -0.39 is 0 Å². The fourth-order valence-electron chi connectivity index (χ4n) is 2.18. The van der Waals surface area contributed by atoms with Crippen molar-refractivity contribution in [3.63, 3.8) is 0 Å². The first-order chi connectivity index (χ1) is 12.2. The molecule has 130 valence electrons. The van der Waals surface area contributed by atoms with Gasteiger partial charge in [-0.2, -0.15) is 5.26 Å². The van der Waals surface area contributed by atoms with Crippen molar-refractivity contribution in [1.82, 2.24) is 5.32 Å². The van der Waals surface area contributed by atoms with Gasteiger partial charge in [-0.1, -0.05) is 29.8 Å². The van der Waals surface area contributed by atoms with Crippen LogP contribution in [0.2, 0.25) is 5.02 Å². The summed E-state index contributed by atoms with van der Waals surface area (Å²) in [6, 6.07) is 16.7. The summed E-state index contributed by atoms with van der Waals surface area (Å²) in [6.07, 6.45) is 0.419. The Morgan fingerprint density at radius 1 is 1.12 bits per heavy atom. The zero-order valence-corrected chi connectivity index (χ0v) is 14.5. The molecule has 0 atom stereocenters. The number of ether oxygens (including phenoxy) is 2. The Kier molecular flexibility index (Phi) is 7.61. The van der Waals surface area contributed by atoms with E-state index in [-0.39, 0.29) is 12.3 Å². The Hall–Kier alpha value is -2.71. The van der Waals surface area contributed by atoms with Gasteiger partial charge in [-0.15, -0.1) is 0 Å². The van der Waals surface area contributed by atoms with Gasteiger partial charge < -0.3 is 14.8 Å². The van der Waals surface area contributed by atoms with Gasteiger partial charge in [0, 0.05) is 11.6 Å². The van der Waals surface area contributed by atoms with Gasteiger partial charge in [-0.05, 0) is 42.3 Å². The van der Waals surface area contributed by atoms with E-state index in [1.54, 1.807) is 12.1 Å². The maximum absolute atomic E-state index is 11.3. The minimum atomic E-state index is -0.289. The maximum atomic E-state index is 11.3. The highest BCUT2D eigenvalue weighted by Gasteiger charge is 2.07. The number of amides is 1. The monoisotopic (exact) mass is 358 g/mol. The lowest BCUT2D eigenvalue weighted by Gasteiger charge is -2.13. The van der Waals surface area contributed by atoms with Crippen LogP contribution in [0.15, 0.2) is 48.5 Å². The van der Waals surface area contributed by atoms with Crippen molar-refractivity contribution in [3.05, 3.63) is 59.1 Å². The number of hydrogen-bond donors (Lipinski definition) is 1. The molecule has 6 heteroatoms. The second-order valence-corrected chi connectivity index (χ2v) is 5.63. The highest BCUT2D eigenvalue weighted by Crippen LogP contribution is 2.23. The number of benzene rings is 2. The molecular weight excluding hydrogens is 340 g/mol. The van der Waals surface area contributed by atoms with E-state index in [9.17, 15) is 4.79 Å². The van der Waals surface area contributed by atoms with Crippen LogP contribution in [0.25, 0.3) is 0 Å². The Balaban J connectivity index is 1.83. The summed E-state index contributed by atoms with van der Waals surface area (Å²) in [4.78, 5) is 11.3. The van der Waals surface area contributed by atoms with Crippen LogP contribution >= 0.6 is 11.6 Å². The second kappa shape index (κ2) is 10.2. The van der Waals surface area contributed by atoms with Crippen molar-refractivity contribution in [3.8, 4) is 17.6 Å². The van der Waals surface area contributed by atoms with E-state index in [1.165, 1.54) is 0 Å². The van der Waals surface area contributed by atoms with Crippen LogP contribution < -0.4 is 14.8 Å². The molecule has 5 nitrogen and oxygen atoms in total. The number of hydrogen-bond acceptors (Lipinski definition) is 4. The quantitative estimate of drug-likeness (QED) is 0.697. The summed E-state index contributed by atoms with van der Waals surface area (Å²) in [7, 11) is 0. The normalized spacial score (nSPS) is 9.92. The van der Waals surface area contributed by atoms with Gasteiger partial charge in [0.15, 0.2) is 0 Å². The fourth-order valence-corrected chi connectivity index (χ4v) is 2.38. The van der Waals surface area contributed by atoms with Crippen LogP contribution in [0.5, 0.6) is 11.5 Å². The van der Waals surface area contributed by atoms with E-state index in [1.807, 2.05) is 42.5 Å². The molecular formula is C19H19ClN2O3. The number of halogens is 1. The lowest BCUT2D eigenvalue weighted by molar-refractivity contribution is -0.120. The summed E-state index contributed by atoms with van der Waals surface area (Å²) in [5.41, 5.74) is 0.893. The highest BCUT2D eigenvalue weighted by molar-refractivity contribution is 6.30. The Bertz CT molecular complexity index is 729. The van der Waals surface area contributed by atoms with Crippen molar-refractivity contribution < 1.29 is 14.3 Å². The molecule has 2 aromatic carbocycles. The smallest absolute Gasteiger partial charge is 0.234 e. The maximum Gasteiger partial charge on any atom is 0.234 e. The molecule has 0 saturated carbocycles. The summed E-state index contributed by atoms with van der Waals surface area (Å²) in [5, 5.41) is 11.8. The number of para-hydroxylation sites is 1. The molecule has 0 spiro atoms. The molecule has 0 aromatic heterocycles. The standard InChI is InChI=1S/C19H19ClN2O3/c20-16-6-7-18(15(14-16)9-11-22-19(23)8-10-21)25-13-12-24-17-4-2-1-3-5-17/h1-7,14H,8-9,11-13H2,(H,22,23). The molecule has 0 radical (unpaired) electrons. The predicted molar refractivity (Wildman–Crippen MR) is 95.8 cm³/mol. The van der Waals surface area contributed by atoms with E-state index in [2.05, 4.69) is 5.32 Å². The van der Waals surface area contributed by atoms with Crippen molar-refractivity contribution in [1.29, 1.82) is 5.26 Å². The lowest BCUT2D eigenvalue weighted by Crippen LogP contribution is -2.25. The number of nitrogens with zero attached hydrogens (tertiary/aromatic N) is 1. The van der Waals surface area contributed by atoms with Gasteiger partial charge in [-0.25, -0.2) is 0 Å². The first-order valence-corrected chi connectivity index (χ1v) is 8.29. The fraction of sp³-hybridized carbons (Fsp3) is 0.263. The topological polar surface area (TPSA) is 71.4 Å². The molecule has 0 aliphatic heterocycles. The third kappa shape index (κ3) is 6.74. The Morgan fingerprint density at radius 3 is 2.64 bits per heavy atom. The van der Waals surface area contributed by atoms with Gasteiger partial charge in [0.2, 0.25) is 5.91 Å². The first kappa shape index (κ1) is 18.6. The van der Waals surface area contributed by atoms with Crippen molar-refractivity contribution in [2.75, 3.05) is 19.8 Å². The predicted octanol–water partition coefficient (Wildman–Crippen LogP) is 3.37. The summed E-state index contributed by atoms with van der Waals surface area (Å²) < 4.78 is 11.4. The van der Waals surface area contributed by atoms with Gasteiger partial charge in [0.05, 0.1) is 6.07 Å². The number of nitriles is 1. The van der Waals surface area contributed by atoms with Crippen molar-refractivity contribution in [2.45, 2.75) is 12.8 Å². The third-order valence-electron chi connectivity index (χ3n) is 3.33. The number of rotatable bonds is 9. The van der Waals surface area contributed by atoms with Crippen molar-refractivity contribution >= 4 is 17.5 Å². The first-order valence-electron chi connectivity index (χ1n) is 7.92. The van der Waals surface area contributed by atoms with Gasteiger partial charge in [0.25, 0.3) is 0 Å². The minimum absolute atomic E-state index is 0.143. The SMILES string of the molecule is N#CCC(=O)NCCc1cc(Cl)ccc1OCCOc1ccccc1. The van der Waals surface area contributed by atoms with Crippen molar-refractivity contribution in [2.24, 2.45) is 0 Å². The second-order valence-electron chi connectivity index (χ2n) is 5.20. The molecule has 2 aromatic rings. The summed E-state index contributed by atoms with van der Waals surface area (Å²) in [6.45, 7) is 1.23. The molecule has 2 rings (SSSR count). The molecule has 0 aliphatic rings. The lowest BCUT2D eigenvalue weighted by atomic mass is 10.1. The highest BCUT2D eigenvalue weighted by atomic mass is 35.5. The summed E-state index contributed by atoms with van der Waals surface area (Å²) >= 11 is 6.04. The Labute approximate surface area is 152 Å². The van der Waals surface area contributed by atoms with Gasteiger partial charge >= 0.3 is 0 Å². The number of carbonyl (C=O) groups is 1. The molecule has 1 N–H and O–H groups in total. The van der Waals surface area contributed by atoms with E-state index in [4.69, 9.17) is 26.3 Å². The molecule has 25 heavy (non-hydrogen) atoms. The van der Waals surface area contributed by atoms with E-state index >= 15 is 0 Å². The molecule has 0 saturated heterocycles. The molecule has 0 bridgehead atoms. The zero-order chi connectivity index (χ0) is 17.9. The van der Waals surface area contributed by atoms with Crippen LogP contribution in [0.1, 0.15) is 12.0 Å². The molecule has 0 fully saturated rings. The molecule has 0 aliphatic carbocycles. The van der Waals surface area contributed by atoms with Crippen LogP contribution in [-0.2, 0) is 11.2 Å². The summed E-state index contributed by atoms with van der Waals surface area (Å²) in [5.74, 6) is 1.21. The van der Waals surface area contributed by atoms with Gasteiger partial charge in [0.1, 0.15) is 31.1 Å². The van der Waals surface area contributed by atoms with Crippen LogP contribution in [0, 0.1) is 11.3 Å². The van der Waals surface area contributed by atoms with Crippen LogP contribution in [0.4, 0.5) is 0 Å². The van der Waals surface area contributed by atoms with E-state index in [0.29, 0.717) is 37.0 Å². The largest absolute Gasteiger partial charge is 0.490 e. The molecule has 0 unspecified atom stereocenters. The molecule has 1 amide bonds. The average molecular weight is 359 g/mol. The Morgan fingerprint density at radius 2 is 1.88 bits per heavy atom. The minimum Gasteiger partial charge on any atom is -0.490 e. The third-order valence-corrected chi connectivity index (χ3v) is 3.57. The van der Waals surface area contributed by atoms with E-state index in [0.717, 1.165) is 11.3 Å². The zero-order valence-electron chi connectivity index (χ0n) is 13.7. The van der Waals surface area contributed by atoms with Gasteiger partial charge in [-0.3, -0.25) is 4.79 Å². The van der Waals surface area contributed by atoms with Crippen LogP contribution in [0.3, 0.4) is 0 Å². The molecule has 0 heterocycles. The number of carbonyl (C=O) groups excluding carboxylic acids is 1. The number of nitrogens with one attached hydrogen (secondary N) is 1.